The van der Waals surface area contributed by atoms with Crippen molar-refractivity contribution in [1.29, 1.82) is 5.26 Å². The zero-order chi connectivity index (χ0) is 5.98. The second-order valence-corrected chi connectivity index (χ2v) is 2.11. The molecule has 1 rings (SSSR count). The second-order valence-electron chi connectivity index (χ2n) is 1.33. The van der Waals surface area contributed by atoms with Crippen LogP contribution in [-0.2, 0) is 0 Å². The van der Waals surface area contributed by atoms with E-state index in [1.807, 2.05) is 13.0 Å². The van der Waals surface area contributed by atoms with Crippen molar-refractivity contribution in [1.82, 2.24) is 4.37 Å². The number of hydrogen-bond donors (Lipinski definition) is 0. The molecule has 1 aromatic rings. The molecule has 0 amide bonds. The summed E-state index contributed by atoms with van der Waals surface area (Å²) < 4.78 is 3.85. The lowest BCUT2D eigenvalue weighted by atomic mass is 10.4. The van der Waals surface area contributed by atoms with Crippen LogP contribution in [0.5, 0.6) is 0 Å². The summed E-state index contributed by atoms with van der Waals surface area (Å²) in [6.45, 7) is 1.82. The van der Waals surface area contributed by atoms with Gasteiger partial charge in [-0.1, -0.05) is 0 Å². The van der Waals surface area contributed by atoms with E-state index >= 15 is 0 Å². The van der Waals surface area contributed by atoms with Crippen LogP contribution in [0.25, 0.3) is 0 Å². The van der Waals surface area contributed by atoms with Gasteiger partial charge in [0.15, 0.2) is 0 Å². The SMILES string of the molecule is Cc1[c]c(C#N)sn1. The quantitative estimate of drug-likeness (QED) is 0.518. The minimum Gasteiger partial charge on any atom is -0.196 e. The van der Waals surface area contributed by atoms with Crippen molar-refractivity contribution in [2.45, 2.75) is 6.92 Å². The summed E-state index contributed by atoms with van der Waals surface area (Å²) in [5, 5.41) is 8.24. The Balaban J connectivity index is 3.05. The number of hydrogen-bond acceptors (Lipinski definition) is 3. The fraction of sp³-hybridized carbons (Fsp3) is 0.200. The van der Waals surface area contributed by atoms with E-state index in [1.165, 1.54) is 11.5 Å². The summed E-state index contributed by atoms with van der Waals surface area (Å²) in [6.07, 6.45) is 0. The first-order valence-corrected chi connectivity index (χ1v) is 2.86. The van der Waals surface area contributed by atoms with E-state index < -0.39 is 0 Å². The predicted octanol–water partition coefficient (Wildman–Crippen LogP) is 1.12. The van der Waals surface area contributed by atoms with E-state index in [1.54, 1.807) is 0 Å². The molecule has 0 unspecified atom stereocenters. The van der Waals surface area contributed by atoms with Crippen molar-refractivity contribution in [2.75, 3.05) is 0 Å². The lowest BCUT2D eigenvalue weighted by molar-refractivity contribution is 1.34. The topological polar surface area (TPSA) is 36.7 Å². The molecule has 0 saturated heterocycles. The monoisotopic (exact) mass is 123 g/mol. The molecule has 3 heteroatoms. The number of aromatic nitrogens is 1. The maximum absolute atomic E-state index is 8.24. The highest BCUT2D eigenvalue weighted by molar-refractivity contribution is 7.06. The number of nitriles is 1. The minimum atomic E-state index is 0.558. The van der Waals surface area contributed by atoms with Gasteiger partial charge in [-0.2, -0.15) is 9.64 Å². The number of aryl methyl sites for hydroxylation is 1. The largest absolute Gasteiger partial charge is 0.196 e. The van der Waals surface area contributed by atoms with Gasteiger partial charge < -0.3 is 0 Å². The molecule has 1 heterocycles. The van der Waals surface area contributed by atoms with Gasteiger partial charge in [0.1, 0.15) is 10.9 Å². The molecule has 0 aliphatic heterocycles. The molecule has 0 aliphatic rings. The molecule has 0 N–H and O–H groups in total. The van der Waals surface area contributed by atoms with Crippen LogP contribution in [0.3, 0.4) is 0 Å². The predicted molar refractivity (Wildman–Crippen MR) is 30.4 cm³/mol. The van der Waals surface area contributed by atoms with Crippen molar-refractivity contribution in [3.63, 3.8) is 0 Å². The zero-order valence-corrected chi connectivity index (χ0v) is 5.12. The van der Waals surface area contributed by atoms with Crippen LogP contribution in [0.2, 0.25) is 0 Å². The molecule has 0 fully saturated rings. The Labute approximate surface area is 51.6 Å². The first-order chi connectivity index (χ1) is 3.83. The van der Waals surface area contributed by atoms with E-state index in [2.05, 4.69) is 10.4 Å². The summed E-state index contributed by atoms with van der Waals surface area (Å²) in [6, 6.07) is 4.72. The number of nitrogens with zero attached hydrogens (tertiary/aromatic N) is 2. The third-order valence-electron chi connectivity index (χ3n) is 0.670. The van der Waals surface area contributed by atoms with Gasteiger partial charge in [-0.25, -0.2) is 0 Å². The average Bonchev–Trinajstić information content (AvgIpc) is 2.14. The standard InChI is InChI=1S/C5H3N2S/c1-4-2-5(3-6)8-7-4/h1H3. The van der Waals surface area contributed by atoms with E-state index in [-0.39, 0.29) is 0 Å². The van der Waals surface area contributed by atoms with Gasteiger partial charge in [-0.3, -0.25) is 0 Å². The Bertz CT molecular complexity index is 221. The molecular weight excluding hydrogens is 120 g/mol. The van der Waals surface area contributed by atoms with Gasteiger partial charge in [0.2, 0.25) is 0 Å². The van der Waals surface area contributed by atoms with Crippen molar-refractivity contribution in [3.05, 3.63) is 16.6 Å². The van der Waals surface area contributed by atoms with Crippen LogP contribution in [-0.4, -0.2) is 4.37 Å². The smallest absolute Gasteiger partial charge is 0.133 e. The summed E-state index contributed by atoms with van der Waals surface area (Å²) >= 11 is 1.18. The first-order valence-electron chi connectivity index (χ1n) is 2.08. The van der Waals surface area contributed by atoms with Crippen LogP contribution in [0.4, 0.5) is 0 Å². The Morgan fingerprint density at radius 1 is 1.88 bits per heavy atom. The van der Waals surface area contributed by atoms with Crippen molar-refractivity contribution < 1.29 is 0 Å². The molecule has 1 aromatic heterocycles. The average molecular weight is 123 g/mol. The lowest BCUT2D eigenvalue weighted by Gasteiger charge is -1.64. The Hall–Kier alpha value is -0.880. The first kappa shape index (κ1) is 5.26. The molecule has 39 valence electrons. The van der Waals surface area contributed by atoms with Crippen LogP contribution >= 0.6 is 11.5 Å². The molecule has 0 bridgehead atoms. The fourth-order valence-corrected chi connectivity index (χ4v) is 0.880. The van der Waals surface area contributed by atoms with E-state index in [4.69, 9.17) is 5.26 Å². The molecule has 0 saturated carbocycles. The molecule has 0 aliphatic carbocycles. The second kappa shape index (κ2) is 1.93. The highest BCUT2D eigenvalue weighted by Gasteiger charge is 1.93. The van der Waals surface area contributed by atoms with E-state index in [0.717, 1.165) is 5.69 Å². The number of rotatable bonds is 0. The van der Waals surface area contributed by atoms with Crippen molar-refractivity contribution >= 4 is 11.5 Å². The fourth-order valence-electron chi connectivity index (χ4n) is 0.372. The normalized spacial score (nSPS) is 8.50. The van der Waals surface area contributed by atoms with Crippen LogP contribution in [0.15, 0.2) is 0 Å². The van der Waals surface area contributed by atoms with Gasteiger partial charge in [0.25, 0.3) is 0 Å². The van der Waals surface area contributed by atoms with E-state index in [9.17, 15) is 0 Å². The highest BCUT2D eigenvalue weighted by atomic mass is 32.1. The van der Waals surface area contributed by atoms with Gasteiger partial charge in [0.05, 0.1) is 5.69 Å². The minimum absolute atomic E-state index is 0.558. The Kier molecular flexibility index (Phi) is 1.27. The van der Waals surface area contributed by atoms with Crippen LogP contribution in [0, 0.1) is 24.3 Å². The van der Waals surface area contributed by atoms with Crippen molar-refractivity contribution in [2.24, 2.45) is 0 Å². The van der Waals surface area contributed by atoms with Crippen LogP contribution < -0.4 is 0 Å². The highest BCUT2D eigenvalue weighted by Crippen LogP contribution is 2.04. The maximum Gasteiger partial charge on any atom is 0.133 e. The zero-order valence-electron chi connectivity index (χ0n) is 4.30. The maximum atomic E-state index is 8.24. The van der Waals surface area contributed by atoms with Crippen molar-refractivity contribution in [3.8, 4) is 6.07 Å². The molecule has 1 radical (unpaired) electrons. The molecular formula is C5H3N2S. The molecule has 0 atom stereocenters. The third kappa shape index (κ3) is 0.849. The molecule has 0 aromatic carbocycles. The Morgan fingerprint density at radius 3 is 2.88 bits per heavy atom. The van der Waals surface area contributed by atoms with Gasteiger partial charge in [-0.15, -0.1) is 0 Å². The lowest BCUT2D eigenvalue weighted by Crippen LogP contribution is -1.61. The molecule has 2 nitrogen and oxygen atoms in total. The summed E-state index contributed by atoms with van der Waals surface area (Å²) in [7, 11) is 0. The Morgan fingerprint density at radius 2 is 2.62 bits per heavy atom. The third-order valence-corrected chi connectivity index (χ3v) is 1.41. The van der Waals surface area contributed by atoms with Gasteiger partial charge >= 0.3 is 0 Å². The van der Waals surface area contributed by atoms with Gasteiger partial charge in [-0.05, 0) is 18.5 Å². The van der Waals surface area contributed by atoms with Crippen LogP contribution in [0.1, 0.15) is 10.6 Å². The van der Waals surface area contributed by atoms with E-state index in [0.29, 0.717) is 4.88 Å². The molecule has 8 heavy (non-hydrogen) atoms. The van der Waals surface area contributed by atoms with Gasteiger partial charge in [0, 0.05) is 6.07 Å². The summed E-state index contributed by atoms with van der Waals surface area (Å²) in [5.74, 6) is 0. The summed E-state index contributed by atoms with van der Waals surface area (Å²) in [4.78, 5) is 0.558. The summed E-state index contributed by atoms with van der Waals surface area (Å²) in [5.41, 5.74) is 0.798. The molecule has 0 spiro atoms.